The number of aryl methyl sites for hydroxylation is 1. The Hall–Kier alpha value is -2.42. The number of allylic oxidation sites excluding steroid dienone is 2. The summed E-state index contributed by atoms with van der Waals surface area (Å²) in [5.74, 6) is 0.458. The van der Waals surface area contributed by atoms with Crippen LogP contribution in [0.15, 0.2) is 16.2 Å². The zero-order valence-electron chi connectivity index (χ0n) is 17.3. The fraction of sp³-hybridized carbons (Fsp3) is 0.619. The lowest BCUT2D eigenvalue weighted by atomic mass is 9.64. The predicted molar refractivity (Wildman–Crippen MR) is 102 cm³/mol. The number of carbonyl (C=O) groups excluding carboxylic acids is 2. The minimum Gasteiger partial charge on any atom is -0.360 e. The molecular formula is C21H29N3O3. The number of rotatable bonds is 5. The van der Waals surface area contributed by atoms with Crippen LogP contribution in [0.4, 0.5) is 0 Å². The van der Waals surface area contributed by atoms with Gasteiger partial charge in [-0.05, 0) is 25.2 Å². The molecule has 1 aromatic heterocycles. The average Bonchev–Trinajstić information content (AvgIpc) is 2.97. The van der Waals surface area contributed by atoms with Gasteiger partial charge in [0.2, 0.25) is 0 Å². The van der Waals surface area contributed by atoms with Crippen LogP contribution in [0.3, 0.4) is 0 Å². The van der Waals surface area contributed by atoms with Gasteiger partial charge in [-0.1, -0.05) is 45.9 Å². The monoisotopic (exact) mass is 371 g/mol. The van der Waals surface area contributed by atoms with Crippen molar-refractivity contribution in [3.63, 3.8) is 0 Å². The summed E-state index contributed by atoms with van der Waals surface area (Å²) in [6.45, 7) is 12.0. The van der Waals surface area contributed by atoms with E-state index in [0.29, 0.717) is 36.4 Å². The van der Waals surface area contributed by atoms with E-state index in [-0.39, 0.29) is 28.6 Å². The highest BCUT2D eigenvalue weighted by atomic mass is 16.5. The molecule has 1 atom stereocenters. The number of nitriles is 1. The number of Topliss-reactive ketones (excluding diaryl/α,β-unsaturated/α-hetero) is 1. The molecule has 0 spiro atoms. The zero-order valence-corrected chi connectivity index (χ0v) is 17.3. The highest BCUT2D eigenvalue weighted by Crippen LogP contribution is 2.44. The number of aromatic nitrogens is 1. The molecule has 0 bridgehead atoms. The molecular weight excluding hydrogens is 342 g/mol. The largest absolute Gasteiger partial charge is 0.360 e. The third kappa shape index (κ3) is 4.13. The summed E-state index contributed by atoms with van der Waals surface area (Å²) in [5.41, 5.74) is 0.455. The molecule has 0 saturated carbocycles. The fourth-order valence-electron chi connectivity index (χ4n) is 3.92. The molecule has 0 N–H and O–H groups in total. The van der Waals surface area contributed by atoms with Gasteiger partial charge >= 0.3 is 0 Å². The lowest BCUT2D eigenvalue weighted by Crippen LogP contribution is -2.39. The number of hydrogen-bond donors (Lipinski definition) is 0. The van der Waals surface area contributed by atoms with Crippen molar-refractivity contribution in [2.45, 2.75) is 60.3 Å². The Morgan fingerprint density at radius 1 is 1.41 bits per heavy atom. The molecule has 6 nitrogen and oxygen atoms in total. The second kappa shape index (κ2) is 7.30. The van der Waals surface area contributed by atoms with Crippen molar-refractivity contribution < 1.29 is 14.1 Å². The molecule has 0 aliphatic heterocycles. The molecule has 27 heavy (non-hydrogen) atoms. The molecule has 146 valence electrons. The smallest absolute Gasteiger partial charge is 0.259 e. The summed E-state index contributed by atoms with van der Waals surface area (Å²) in [4.78, 5) is 26.9. The van der Waals surface area contributed by atoms with Crippen LogP contribution in [0.5, 0.6) is 0 Å². The van der Waals surface area contributed by atoms with E-state index in [1.54, 1.807) is 24.9 Å². The van der Waals surface area contributed by atoms with Crippen LogP contribution in [0.1, 0.15) is 75.2 Å². The van der Waals surface area contributed by atoms with Crippen LogP contribution in [0.2, 0.25) is 0 Å². The normalized spacial score (nSPS) is 21.7. The van der Waals surface area contributed by atoms with Gasteiger partial charge in [-0.25, -0.2) is 0 Å². The molecule has 1 aliphatic carbocycles. The van der Waals surface area contributed by atoms with Crippen LogP contribution < -0.4 is 0 Å². The van der Waals surface area contributed by atoms with Gasteiger partial charge in [-0.2, -0.15) is 5.26 Å². The Morgan fingerprint density at radius 2 is 2.04 bits per heavy atom. The standard InChI is InChI=1S/C21H29N3O3/c1-13(2)17-16(14(3)23-27-17)19(26)24(7)9-8-21(6)10-15(11-22)18(25)20(4,5)12-21/h10,13H,8-9,12H2,1-7H3/t21-/m1/s1. The minimum absolute atomic E-state index is 0.0716. The van der Waals surface area contributed by atoms with Crippen molar-refractivity contribution >= 4 is 11.7 Å². The van der Waals surface area contributed by atoms with Gasteiger partial charge in [-0.3, -0.25) is 9.59 Å². The van der Waals surface area contributed by atoms with Crippen molar-refractivity contribution in [2.75, 3.05) is 13.6 Å². The van der Waals surface area contributed by atoms with Gasteiger partial charge in [0.25, 0.3) is 5.91 Å². The van der Waals surface area contributed by atoms with Crippen LogP contribution in [-0.2, 0) is 4.79 Å². The molecule has 0 aromatic carbocycles. The lowest BCUT2D eigenvalue weighted by molar-refractivity contribution is -0.125. The third-order valence-electron chi connectivity index (χ3n) is 5.31. The van der Waals surface area contributed by atoms with E-state index in [9.17, 15) is 14.9 Å². The Morgan fingerprint density at radius 3 is 2.59 bits per heavy atom. The molecule has 2 rings (SSSR count). The summed E-state index contributed by atoms with van der Waals surface area (Å²) in [6, 6.07) is 2.04. The maximum absolute atomic E-state index is 12.9. The van der Waals surface area contributed by atoms with Gasteiger partial charge in [0, 0.05) is 24.9 Å². The minimum atomic E-state index is -0.576. The molecule has 1 amide bonds. The first-order valence-corrected chi connectivity index (χ1v) is 9.31. The first kappa shape index (κ1) is 20.9. The Kier molecular flexibility index (Phi) is 5.65. The van der Waals surface area contributed by atoms with E-state index in [1.165, 1.54) is 0 Å². The molecule has 1 aliphatic rings. The van der Waals surface area contributed by atoms with Crippen LogP contribution in [0, 0.1) is 29.1 Å². The van der Waals surface area contributed by atoms with Gasteiger partial charge in [0.15, 0.2) is 11.5 Å². The summed E-state index contributed by atoms with van der Waals surface area (Å²) in [7, 11) is 1.76. The van der Waals surface area contributed by atoms with E-state index in [2.05, 4.69) is 5.16 Å². The maximum Gasteiger partial charge on any atom is 0.259 e. The Labute approximate surface area is 161 Å². The van der Waals surface area contributed by atoms with Crippen molar-refractivity contribution in [1.29, 1.82) is 5.26 Å². The van der Waals surface area contributed by atoms with Crippen molar-refractivity contribution in [2.24, 2.45) is 10.8 Å². The van der Waals surface area contributed by atoms with Gasteiger partial charge in [0.1, 0.15) is 11.6 Å². The summed E-state index contributed by atoms with van der Waals surface area (Å²) in [6.07, 6.45) is 3.09. The van der Waals surface area contributed by atoms with E-state index >= 15 is 0 Å². The number of carbonyl (C=O) groups is 2. The molecule has 0 saturated heterocycles. The van der Waals surface area contributed by atoms with Gasteiger partial charge in [0.05, 0.1) is 11.3 Å². The summed E-state index contributed by atoms with van der Waals surface area (Å²) < 4.78 is 5.33. The second-order valence-corrected chi connectivity index (χ2v) is 8.85. The Bertz CT molecular complexity index is 826. The first-order valence-electron chi connectivity index (χ1n) is 9.31. The summed E-state index contributed by atoms with van der Waals surface area (Å²) >= 11 is 0. The Balaban J connectivity index is 2.18. The average molecular weight is 371 g/mol. The molecule has 1 heterocycles. The topological polar surface area (TPSA) is 87.2 Å². The third-order valence-corrected chi connectivity index (χ3v) is 5.31. The van der Waals surface area contributed by atoms with Crippen LogP contribution in [0.25, 0.3) is 0 Å². The molecule has 0 unspecified atom stereocenters. The van der Waals surface area contributed by atoms with Crippen molar-refractivity contribution in [3.8, 4) is 6.07 Å². The van der Waals surface area contributed by atoms with Crippen LogP contribution in [-0.4, -0.2) is 35.3 Å². The van der Waals surface area contributed by atoms with Gasteiger partial charge in [-0.15, -0.1) is 0 Å². The molecule has 6 heteroatoms. The van der Waals surface area contributed by atoms with E-state index in [0.717, 1.165) is 0 Å². The zero-order chi connectivity index (χ0) is 20.6. The molecule has 1 aromatic rings. The van der Waals surface area contributed by atoms with Crippen molar-refractivity contribution in [3.05, 3.63) is 28.7 Å². The number of nitrogens with zero attached hydrogens (tertiary/aromatic N) is 3. The predicted octanol–water partition coefficient (Wildman–Crippen LogP) is 4.02. The number of ketones is 1. The maximum atomic E-state index is 12.9. The van der Waals surface area contributed by atoms with Crippen molar-refractivity contribution in [1.82, 2.24) is 10.1 Å². The highest BCUT2D eigenvalue weighted by Gasteiger charge is 2.42. The SMILES string of the molecule is Cc1noc(C(C)C)c1C(=O)N(C)CC[C@]1(C)C=C(C#N)C(=O)C(C)(C)C1. The second-order valence-electron chi connectivity index (χ2n) is 8.85. The van der Waals surface area contributed by atoms with E-state index < -0.39 is 5.41 Å². The van der Waals surface area contributed by atoms with E-state index in [4.69, 9.17) is 4.52 Å². The first-order chi connectivity index (χ1) is 12.4. The fourth-order valence-corrected chi connectivity index (χ4v) is 3.92. The number of hydrogen-bond acceptors (Lipinski definition) is 5. The highest BCUT2D eigenvalue weighted by molar-refractivity contribution is 6.03. The van der Waals surface area contributed by atoms with Gasteiger partial charge < -0.3 is 9.42 Å². The van der Waals surface area contributed by atoms with E-state index in [1.807, 2.05) is 40.7 Å². The molecule has 0 radical (unpaired) electrons. The van der Waals surface area contributed by atoms with Crippen LogP contribution >= 0.6 is 0 Å². The molecule has 0 fully saturated rings. The quantitative estimate of drug-likeness (QED) is 0.780. The summed E-state index contributed by atoms with van der Waals surface area (Å²) in [5, 5.41) is 13.3. The number of amides is 1. The lowest BCUT2D eigenvalue weighted by Gasteiger charge is -2.39.